The van der Waals surface area contributed by atoms with Crippen LogP contribution in [0, 0.1) is 5.92 Å². The summed E-state index contributed by atoms with van der Waals surface area (Å²) in [6.45, 7) is 2.61. The molecule has 9 heteroatoms. The second-order valence-corrected chi connectivity index (χ2v) is 10.2. The molecule has 2 amide bonds. The number of aromatic nitrogens is 2. The summed E-state index contributed by atoms with van der Waals surface area (Å²) in [5.41, 5.74) is 9.99. The summed E-state index contributed by atoms with van der Waals surface area (Å²) in [5.74, 6) is 0.507. The standard InChI is InChI=1S/C25H27ClN6O2/c1-31-7-8-32(19(33)12-31)18-4-2-3-15-16(10-28-22(15)18)17-11-29-24-20(21(17)26)25(13-30-24)6-5-14(9-25)23(27)34/h2-4,10-11,14,28H,5-9,12-13H2,1H3,(H2,27,34)(H,29,30)/t14-,25-/m0/s1. The maximum atomic E-state index is 12.7. The van der Waals surface area contributed by atoms with Gasteiger partial charge in [0.25, 0.3) is 0 Å². The average molecular weight is 479 g/mol. The molecule has 34 heavy (non-hydrogen) atoms. The number of amides is 2. The van der Waals surface area contributed by atoms with Gasteiger partial charge in [0.2, 0.25) is 11.8 Å². The third kappa shape index (κ3) is 3.12. The minimum absolute atomic E-state index is 0.0906. The number of carbonyl (C=O) groups is 2. The van der Waals surface area contributed by atoms with Crippen LogP contribution in [0.2, 0.25) is 5.02 Å². The number of nitrogens with one attached hydrogen (secondary N) is 2. The molecule has 0 unspecified atom stereocenters. The van der Waals surface area contributed by atoms with E-state index >= 15 is 0 Å². The van der Waals surface area contributed by atoms with Gasteiger partial charge in [-0.2, -0.15) is 0 Å². The molecule has 3 aliphatic rings. The van der Waals surface area contributed by atoms with E-state index in [4.69, 9.17) is 22.3 Å². The Morgan fingerprint density at radius 2 is 2.15 bits per heavy atom. The highest BCUT2D eigenvalue weighted by atomic mass is 35.5. The Balaban J connectivity index is 1.43. The first-order valence-electron chi connectivity index (χ1n) is 11.7. The van der Waals surface area contributed by atoms with Gasteiger partial charge < -0.3 is 20.9 Å². The molecule has 1 saturated heterocycles. The minimum Gasteiger partial charge on any atom is -0.369 e. The highest BCUT2D eigenvalue weighted by Crippen LogP contribution is 2.53. The summed E-state index contributed by atoms with van der Waals surface area (Å²) in [5, 5.41) is 5.06. The molecule has 1 saturated carbocycles. The Morgan fingerprint density at radius 1 is 1.29 bits per heavy atom. The number of para-hydroxylation sites is 1. The van der Waals surface area contributed by atoms with Crippen LogP contribution in [-0.4, -0.2) is 59.9 Å². The Hall–Kier alpha value is -3.10. The normalized spacial score (nSPS) is 24.7. The summed E-state index contributed by atoms with van der Waals surface area (Å²) >= 11 is 7.09. The zero-order chi connectivity index (χ0) is 23.6. The van der Waals surface area contributed by atoms with Gasteiger partial charge >= 0.3 is 0 Å². The van der Waals surface area contributed by atoms with Gasteiger partial charge in [0.1, 0.15) is 5.82 Å². The van der Waals surface area contributed by atoms with Crippen LogP contribution in [0.5, 0.6) is 0 Å². The second kappa shape index (κ2) is 7.71. The van der Waals surface area contributed by atoms with E-state index in [1.807, 2.05) is 47.4 Å². The monoisotopic (exact) mass is 478 g/mol. The lowest BCUT2D eigenvalue weighted by Gasteiger charge is -2.32. The number of fused-ring (bicyclic) bond motifs is 3. The molecule has 2 fully saturated rings. The highest BCUT2D eigenvalue weighted by molar-refractivity contribution is 6.35. The topological polar surface area (TPSA) is 107 Å². The van der Waals surface area contributed by atoms with E-state index in [0.29, 0.717) is 31.1 Å². The molecule has 0 bridgehead atoms. The fourth-order valence-electron chi connectivity index (χ4n) is 6.02. The van der Waals surface area contributed by atoms with Gasteiger partial charge in [-0.3, -0.25) is 14.5 Å². The fraction of sp³-hybridized carbons (Fsp3) is 0.400. The maximum Gasteiger partial charge on any atom is 0.241 e. The average Bonchev–Trinajstić information content (AvgIpc) is 3.52. The number of rotatable bonds is 3. The molecule has 6 rings (SSSR count). The largest absolute Gasteiger partial charge is 0.369 e. The van der Waals surface area contributed by atoms with Crippen molar-refractivity contribution in [2.45, 2.75) is 24.7 Å². The van der Waals surface area contributed by atoms with Crippen molar-refractivity contribution in [3.8, 4) is 11.1 Å². The number of hydrogen-bond acceptors (Lipinski definition) is 5. The number of benzene rings is 1. The number of likely N-dealkylation sites (N-methyl/N-ethyl adjacent to an activating group) is 1. The molecule has 2 atom stereocenters. The summed E-state index contributed by atoms with van der Waals surface area (Å²) in [7, 11) is 1.96. The lowest BCUT2D eigenvalue weighted by atomic mass is 9.80. The van der Waals surface area contributed by atoms with Crippen LogP contribution in [0.1, 0.15) is 24.8 Å². The van der Waals surface area contributed by atoms with Crippen molar-refractivity contribution in [3.05, 3.63) is 41.2 Å². The predicted octanol–water partition coefficient (Wildman–Crippen LogP) is 3.11. The molecule has 3 aromatic rings. The van der Waals surface area contributed by atoms with Gasteiger partial charge in [0.05, 0.1) is 22.8 Å². The Labute approximate surface area is 202 Å². The van der Waals surface area contributed by atoms with Crippen LogP contribution >= 0.6 is 11.6 Å². The van der Waals surface area contributed by atoms with E-state index in [-0.39, 0.29) is 23.1 Å². The van der Waals surface area contributed by atoms with Crippen molar-refractivity contribution < 1.29 is 9.59 Å². The number of pyridine rings is 1. The molecule has 1 aromatic carbocycles. The van der Waals surface area contributed by atoms with Gasteiger partial charge in [-0.1, -0.05) is 23.7 Å². The zero-order valence-corrected chi connectivity index (χ0v) is 19.8. The smallest absolute Gasteiger partial charge is 0.241 e. The molecule has 176 valence electrons. The number of primary amides is 1. The molecule has 1 spiro atoms. The lowest BCUT2D eigenvalue weighted by molar-refractivity contribution is -0.122. The van der Waals surface area contributed by atoms with Gasteiger partial charge in [0.15, 0.2) is 0 Å². The molecular weight excluding hydrogens is 452 g/mol. The van der Waals surface area contributed by atoms with E-state index < -0.39 is 0 Å². The summed E-state index contributed by atoms with van der Waals surface area (Å²) in [6.07, 6.45) is 6.07. The first-order valence-corrected chi connectivity index (χ1v) is 12.1. The first-order chi connectivity index (χ1) is 16.4. The molecule has 0 radical (unpaired) electrons. The number of nitrogens with two attached hydrogens (primary N) is 1. The van der Waals surface area contributed by atoms with Crippen molar-refractivity contribution in [2.24, 2.45) is 11.7 Å². The van der Waals surface area contributed by atoms with Gasteiger partial charge in [-0.05, 0) is 32.4 Å². The first kappa shape index (κ1) is 21.4. The molecule has 2 aromatic heterocycles. The lowest BCUT2D eigenvalue weighted by Crippen LogP contribution is -2.49. The molecule has 2 aliphatic heterocycles. The number of aromatic amines is 1. The summed E-state index contributed by atoms with van der Waals surface area (Å²) in [4.78, 5) is 36.6. The van der Waals surface area contributed by atoms with Crippen LogP contribution in [-0.2, 0) is 15.0 Å². The number of anilines is 2. The van der Waals surface area contributed by atoms with Crippen LogP contribution in [0.15, 0.2) is 30.6 Å². The van der Waals surface area contributed by atoms with Crippen LogP contribution in [0.4, 0.5) is 11.5 Å². The number of halogens is 1. The Morgan fingerprint density at radius 3 is 2.91 bits per heavy atom. The van der Waals surface area contributed by atoms with Crippen molar-refractivity contribution in [1.82, 2.24) is 14.9 Å². The molecule has 8 nitrogen and oxygen atoms in total. The number of hydrogen-bond donors (Lipinski definition) is 3. The maximum absolute atomic E-state index is 12.7. The number of piperazine rings is 1. The number of carbonyl (C=O) groups excluding carboxylic acids is 2. The third-order valence-corrected chi connectivity index (χ3v) is 8.23. The minimum atomic E-state index is -0.242. The third-order valence-electron chi connectivity index (χ3n) is 7.84. The van der Waals surface area contributed by atoms with Crippen LogP contribution in [0.3, 0.4) is 0 Å². The van der Waals surface area contributed by atoms with Crippen molar-refractivity contribution >= 4 is 45.8 Å². The number of nitrogens with zero attached hydrogens (tertiary/aromatic N) is 3. The van der Waals surface area contributed by atoms with E-state index in [2.05, 4.69) is 10.3 Å². The molecule has 4 heterocycles. The van der Waals surface area contributed by atoms with E-state index in [1.54, 1.807) is 0 Å². The molecule has 4 N–H and O–H groups in total. The van der Waals surface area contributed by atoms with Crippen molar-refractivity contribution in [3.63, 3.8) is 0 Å². The van der Waals surface area contributed by atoms with Gasteiger partial charge in [0, 0.05) is 65.4 Å². The van der Waals surface area contributed by atoms with E-state index in [0.717, 1.165) is 58.5 Å². The number of H-pyrrole nitrogens is 1. The Bertz CT molecular complexity index is 1340. The van der Waals surface area contributed by atoms with Crippen LogP contribution < -0.4 is 16.0 Å². The highest BCUT2D eigenvalue weighted by Gasteiger charge is 2.48. The summed E-state index contributed by atoms with van der Waals surface area (Å²) < 4.78 is 0. The van der Waals surface area contributed by atoms with Crippen molar-refractivity contribution in [2.75, 3.05) is 43.4 Å². The molecular formula is C25H27ClN6O2. The van der Waals surface area contributed by atoms with Gasteiger partial charge in [-0.15, -0.1) is 0 Å². The SMILES string of the molecule is CN1CCN(c2cccc3c(-c4cnc5c(c4Cl)[C@]4(CC[C@H](C(N)=O)C4)CN5)c[nH]c23)C(=O)C1. The second-order valence-electron chi connectivity index (χ2n) is 9.87. The Kier molecular flexibility index (Phi) is 4.86. The zero-order valence-electron chi connectivity index (χ0n) is 19.0. The van der Waals surface area contributed by atoms with E-state index in [1.165, 1.54) is 0 Å². The fourth-order valence-corrected chi connectivity index (χ4v) is 6.47. The van der Waals surface area contributed by atoms with Gasteiger partial charge in [-0.25, -0.2) is 4.98 Å². The van der Waals surface area contributed by atoms with Crippen LogP contribution in [0.25, 0.3) is 22.0 Å². The van der Waals surface area contributed by atoms with Crippen molar-refractivity contribution in [1.29, 1.82) is 0 Å². The van der Waals surface area contributed by atoms with E-state index in [9.17, 15) is 9.59 Å². The molecule has 1 aliphatic carbocycles. The predicted molar refractivity (Wildman–Crippen MR) is 133 cm³/mol. The quantitative estimate of drug-likeness (QED) is 0.536. The summed E-state index contributed by atoms with van der Waals surface area (Å²) in [6, 6.07) is 6.00.